The molecular formula is C12H23NO. The van der Waals surface area contributed by atoms with Crippen LogP contribution in [-0.4, -0.2) is 34.7 Å². The molecule has 0 amide bonds. The van der Waals surface area contributed by atoms with Crippen LogP contribution in [0.3, 0.4) is 0 Å². The van der Waals surface area contributed by atoms with Crippen LogP contribution in [-0.2, 0) is 0 Å². The summed E-state index contributed by atoms with van der Waals surface area (Å²) in [5.41, 5.74) is -0.180. The highest BCUT2D eigenvalue weighted by Gasteiger charge is 2.31. The lowest BCUT2D eigenvalue weighted by atomic mass is 9.91. The van der Waals surface area contributed by atoms with E-state index >= 15 is 0 Å². The predicted octanol–water partition coefficient (Wildman–Crippen LogP) is 1.88. The van der Waals surface area contributed by atoms with E-state index in [1.54, 1.807) is 0 Å². The zero-order valence-electron chi connectivity index (χ0n) is 9.88. The van der Waals surface area contributed by atoms with E-state index < -0.39 is 0 Å². The Balaban J connectivity index is 4.34. The van der Waals surface area contributed by atoms with Gasteiger partial charge in [0.05, 0.1) is 6.10 Å². The molecule has 0 aliphatic heterocycles. The zero-order valence-corrected chi connectivity index (χ0v) is 9.88. The minimum atomic E-state index is -0.349. The largest absolute Gasteiger partial charge is 0.391 e. The fraction of sp³-hybridized carbons (Fsp3) is 0.833. The predicted molar refractivity (Wildman–Crippen MR) is 61.1 cm³/mol. The number of terminal acetylenes is 1. The molecule has 82 valence electrons. The average molecular weight is 197 g/mol. The normalized spacial score (nSPS) is 14.1. The Hall–Kier alpha value is -0.520. The van der Waals surface area contributed by atoms with Crippen LogP contribution in [0.15, 0.2) is 0 Å². The van der Waals surface area contributed by atoms with Crippen molar-refractivity contribution in [2.45, 2.75) is 52.2 Å². The fourth-order valence-corrected chi connectivity index (χ4v) is 1.82. The monoisotopic (exact) mass is 197 g/mol. The molecule has 0 spiro atoms. The molecule has 1 unspecified atom stereocenters. The smallest absolute Gasteiger partial charge is 0.0727 e. The molecule has 2 heteroatoms. The van der Waals surface area contributed by atoms with E-state index in [1.807, 2.05) is 0 Å². The summed E-state index contributed by atoms with van der Waals surface area (Å²) >= 11 is 0. The van der Waals surface area contributed by atoms with Gasteiger partial charge >= 0.3 is 0 Å². The van der Waals surface area contributed by atoms with Crippen molar-refractivity contribution in [2.75, 3.05) is 13.1 Å². The first kappa shape index (κ1) is 13.5. The Morgan fingerprint density at radius 1 is 1.36 bits per heavy atom. The van der Waals surface area contributed by atoms with Crippen molar-refractivity contribution >= 4 is 0 Å². The molecule has 0 aromatic heterocycles. The van der Waals surface area contributed by atoms with E-state index in [0.717, 1.165) is 13.1 Å². The van der Waals surface area contributed by atoms with Crippen LogP contribution in [0, 0.1) is 12.3 Å². The van der Waals surface area contributed by atoms with E-state index in [2.05, 4.69) is 38.5 Å². The van der Waals surface area contributed by atoms with Gasteiger partial charge in [0.1, 0.15) is 0 Å². The number of likely N-dealkylation sites (N-methyl/N-ethyl adjacent to an activating group) is 1. The fourth-order valence-electron chi connectivity index (χ4n) is 1.82. The Bertz CT molecular complexity index is 189. The van der Waals surface area contributed by atoms with Gasteiger partial charge in [-0.2, -0.15) is 0 Å². The van der Waals surface area contributed by atoms with Crippen LogP contribution >= 0.6 is 0 Å². The Morgan fingerprint density at radius 3 is 2.21 bits per heavy atom. The number of aliphatic hydroxyl groups is 1. The number of hydrogen-bond acceptors (Lipinski definition) is 2. The number of hydrogen-bond donors (Lipinski definition) is 1. The highest BCUT2D eigenvalue weighted by Crippen LogP contribution is 2.21. The summed E-state index contributed by atoms with van der Waals surface area (Å²) in [4.78, 5) is 2.26. The van der Waals surface area contributed by atoms with Gasteiger partial charge in [-0.05, 0) is 33.4 Å². The van der Waals surface area contributed by atoms with Gasteiger partial charge in [-0.3, -0.25) is 4.90 Å². The molecule has 0 saturated carbocycles. The third-order valence-corrected chi connectivity index (χ3v) is 2.96. The van der Waals surface area contributed by atoms with Gasteiger partial charge in [0.25, 0.3) is 0 Å². The van der Waals surface area contributed by atoms with Crippen LogP contribution in [0.4, 0.5) is 0 Å². The summed E-state index contributed by atoms with van der Waals surface area (Å²) in [7, 11) is 0. The van der Waals surface area contributed by atoms with Crippen molar-refractivity contribution in [3.05, 3.63) is 0 Å². The lowest BCUT2D eigenvalue weighted by Crippen LogP contribution is -2.52. The van der Waals surface area contributed by atoms with Crippen molar-refractivity contribution in [2.24, 2.45) is 0 Å². The summed E-state index contributed by atoms with van der Waals surface area (Å²) in [5.74, 6) is 2.57. The molecule has 0 rings (SSSR count). The number of nitrogens with zero attached hydrogens (tertiary/aromatic N) is 1. The number of rotatable bonds is 6. The molecule has 14 heavy (non-hydrogen) atoms. The first-order valence-corrected chi connectivity index (χ1v) is 5.37. The van der Waals surface area contributed by atoms with Crippen LogP contribution in [0.5, 0.6) is 0 Å². The van der Waals surface area contributed by atoms with Crippen LogP contribution < -0.4 is 0 Å². The third-order valence-electron chi connectivity index (χ3n) is 2.96. The van der Waals surface area contributed by atoms with E-state index in [9.17, 15) is 5.11 Å². The Labute approximate surface area is 88.3 Å². The van der Waals surface area contributed by atoms with E-state index in [1.165, 1.54) is 0 Å². The maximum atomic E-state index is 10.0. The van der Waals surface area contributed by atoms with E-state index in [-0.39, 0.29) is 11.6 Å². The lowest BCUT2D eigenvalue weighted by molar-refractivity contribution is -0.00824. The average Bonchev–Trinajstić information content (AvgIpc) is 2.15. The first-order valence-electron chi connectivity index (χ1n) is 5.37. The third kappa shape index (κ3) is 3.32. The maximum absolute atomic E-state index is 10.0. The molecule has 0 fully saturated rings. The van der Waals surface area contributed by atoms with E-state index in [4.69, 9.17) is 6.42 Å². The standard InChI is InChI=1S/C12H23NO/c1-6-9-10-11(14)12(4,5)13(7-2)8-3/h1,11,14H,7-10H2,2-5H3. The highest BCUT2D eigenvalue weighted by atomic mass is 16.3. The molecule has 0 aromatic carbocycles. The molecule has 0 bridgehead atoms. The molecule has 0 aromatic rings. The summed E-state index contributed by atoms with van der Waals surface area (Å²) in [6, 6.07) is 0. The van der Waals surface area contributed by atoms with Crippen LogP contribution in [0.25, 0.3) is 0 Å². The second-order valence-corrected chi connectivity index (χ2v) is 4.08. The summed E-state index contributed by atoms with van der Waals surface area (Å²) in [5, 5.41) is 10.0. The van der Waals surface area contributed by atoms with Crippen molar-refractivity contribution in [3.63, 3.8) is 0 Å². The molecule has 0 heterocycles. The molecular weight excluding hydrogens is 174 g/mol. The molecule has 1 atom stereocenters. The minimum Gasteiger partial charge on any atom is -0.391 e. The molecule has 0 aliphatic carbocycles. The second-order valence-electron chi connectivity index (χ2n) is 4.08. The van der Waals surface area contributed by atoms with E-state index in [0.29, 0.717) is 12.8 Å². The zero-order chi connectivity index (χ0) is 11.2. The SMILES string of the molecule is C#CCCC(O)C(C)(C)N(CC)CC. The summed E-state index contributed by atoms with van der Waals surface area (Å²) in [6.07, 6.45) is 6.16. The van der Waals surface area contributed by atoms with Gasteiger partial charge in [-0.25, -0.2) is 0 Å². The van der Waals surface area contributed by atoms with Crippen molar-refractivity contribution in [3.8, 4) is 12.3 Å². The summed E-state index contributed by atoms with van der Waals surface area (Å²) in [6.45, 7) is 10.3. The summed E-state index contributed by atoms with van der Waals surface area (Å²) < 4.78 is 0. The molecule has 0 saturated heterocycles. The molecule has 0 radical (unpaired) electrons. The topological polar surface area (TPSA) is 23.5 Å². The second kappa shape index (κ2) is 6.06. The van der Waals surface area contributed by atoms with Crippen LogP contribution in [0.1, 0.15) is 40.5 Å². The Kier molecular flexibility index (Phi) is 5.83. The van der Waals surface area contributed by atoms with Gasteiger partial charge in [0.2, 0.25) is 0 Å². The highest BCUT2D eigenvalue weighted by molar-refractivity contribution is 4.92. The van der Waals surface area contributed by atoms with Gasteiger partial charge in [-0.1, -0.05) is 13.8 Å². The quantitative estimate of drug-likeness (QED) is 0.657. The maximum Gasteiger partial charge on any atom is 0.0727 e. The van der Waals surface area contributed by atoms with Crippen LogP contribution in [0.2, 0.25) is 0 Å². The molecule has 1 N–H and O–H groups in total. The number of aliphatic hydroxyl groups excluding tert-OH is 1. The van der Waals surface area contributed by atoms with Gasteiger partial charge < -0.3 is 5.11 Å². The van der Waals surface area contributed by atoms with Gasteiger partial charge in [0, 0.05) is 12.0 Å². The Morgan fingerprint density at radius 2 is 1.86 bits per heavy atom. The lowest BCUT2D eigenvalue weighted by Gasteiger charge is -2.40. The molecule has 2 nitrogen and oxygen atoms in total. The van der Waals surface area contributed by atoms with Gasteiger partial charge in [-0.15, -0.1) is 12.3 Å². The molecule has 0 aliphatic rings. The van der Waals surface area contributed by atoms with Crippen molar-refractivity contribution in [1.82, 2.24) is 4.90 Å². The minimum absolute atomic E-state index is 0.180. The van der Waals surface area contributed by atoms with Crippen molar-refractivity contribution < 1.29 is 5.11 Å². The van der Waals surface area contributed by atoms with Crippen molar-refractivity contribution in [1.29, 1.82) is 0 Å². The first-order chi connectivity index (χ1) is 6.50. The van der Waals surface area contributed by atoms with Gasteiger partial charge in [0.15, 0.2) is 0 Å².